The molecular weight excluding hydrogens is 312 g/mol. The number of methoxy groups -OCH3 is 1. The van der Waals surface area contributed by atoms with Crippen LogP contribution in [0.25, 0.3) is 10.9 Å². The van der Waals surface area contributed by atoms with Crippen LogP contribution in [0.15, 0.2) is 41.8 Å². The molecule has 0 unspecified atom stereocenters. The maximum absolute atomic E-state index is 12.7. The molecule has 1 atom stereocenters. The van der Waals surface area contributed by atoms with Crippen molar-refractivity contribution in [3.8, 4) is 0 Å². The fourth-order valence-electron chi connectivity index (χ4n) is 2.48. The minimum absolute atomic E-state index is 0.384. The molecular formula is C16H18N4O2S. The van der Waals surface area contributed by atoms with Crippen LogP contribution in [0.5, 0.6) is 0 Å². The average molecular weight is 330 g/mol. The molecule has 0 saturated carbocycles. The lowest BCUT2D eigenvalue weighted by Gasteiger charge is -2.09. The van der Waals surface area contributed by atoms with Gasteiger partial charge in [-0.3, -0.25) is 9.19 Å². The van der Waals surface area contributed by atoms with Gasteiger partial charge >= 0.3 is 0 Å². The van der Waals surface area contributed by atoms with Gasteiger partial charge in [-0.2, -0.15) is 0 Å². The number of pyridine rings is 1. The van der Waals surface area contributed by atoms with E-state index in [1.165, 1.54) is 0 Å². The van der Waals surface area contributed by atoms with Crippen molar-refractivity contribution in [1.82, 2.24) is 19.7 Å². The van der Waals surface area contributed by atoms with Gasteiger partial charge in [0, 0.05) is 24.7 Å². The van der Waals surface area contributed by atoms with Crippen LogP contribution in [0.4, 0.5) is 0 Å². The van der Waals surface area contributed by atoms with Crippen LogP contribution in [-0.2, 0) is 27.8 Å². The van der Waals surface area contributed by atoms with Gasteiger partial charge in [0.2, 0.25) is 5.16 Å². The maximum atomic E-state index is 12.7. The summed E-state index contributed by atoms with van der Waals surface area (Å²) in [5, 5.41) is 9.37. The molecule has 0 fully saturated rings. The summed E-state index contributed by atoms with van der Waals surface area (Å²) in [6.45, 7) is 3.06. The highest BCUT2D eigenvalue weighted by molar-refractivity contribution is 7.84. The van der Waals surface area contributed by atoms with E-state index in [1.807, 2.05) is 37.3 Å². The molecule has 0 radical (unpaired) electrons. The smallest absolute Gasteiger partial charge is 0.221 e. The van der Waals surface area contributed by atoms with Crippen LogP contribution in [0.1, 0.15) is 11.3 Å². The first kappa shape index (κ1) is 15.8. The average Bonchev–Trinajstić information content (AvgIpc) is 3.01. The maximum Gasteiger partial charge on any atom is 0.221 e. The summed E-state index contributed by atoms with van der Waals surface area (Å²) in [6.07, 6.45) is 1.59. The summed E-state index contributed by atoms with van der Waals surface area (Å²) in [4.78, 5) is 4.52. The number of nitrogens with zero attached hydrogens (tertiary/aromatic N) is 4. The number of fused-ring (bicyclic) bond motifs is 1. The van der Waals surface area contributed by atoms with E-state index < -0.39 is 10.8 Å². The summed E-state index contributed by atoms with van der Waals surface area (Å²) in [5.41, 5.74) is 2.84. The van der Waals surface area contributed by atoms with Crippen molar-refractivity contribution in [1.29, 1.82) is 0 Å². The number of aromatic nitrogens is 4. The predicted molar refractivity (Wildman–Crippen MR) is 88.5 cm³/mol. The molecule has 120 valence electrons. The highest BCUT2D eigenvalue weighted by Crippen LogP contribution is 2.21. The van der Waals surface area contributed by atoms with Crippen molar-refractivity contribution in [2.45, 2.75) is 24.4 Å². The van der Waals surface area contributed by atoms with Gasteiger partial charge in [-0.1, -0.05) is 18.2 Å². The van der Waals surface area contributed by atoms with Crippen molar-refractivity contribution in [3.63, 3.8) is 0 Å². The van der Waals surface area contributed by atoms with Crippen molar-refractivity contribution in [3.05, 3.63) is 47.9 Å². The van der Waals surface area contributed by atoms with E-state index in [0.717, 1.165) is 22.2 Å². The Morgan fingerprint density at radius 1 is 1.30 bits per heavy atom. The lowest BCUT2D eigenvalue weighted by molar-refractivity contribution is 0.184. The quantitative estimate of drug-likeness (QED) is 0.692. The molecule has 0 bridgehead atoms. The molecule has 0 aliphatic rings. The molecule has 0 saturated heterocycles. The van der Waals surface area contributed by atoms with Gasteiger partial charge in [0.05, 0.1) is 28.7 Å². The Kier molecular flexibility index (Phi) is 4.78. The number of rotatable bonds is 6. The number of benzene rings is 1. The van der Waals surface area contributed by atoms with Crippen LogP contribution in [0, 0.1) is 6.92 Å². The number of para-hydroxylation sites is 1. The van der Waals surface area contributed by atoms with E-state index in [1.54, 1.807) is 18.0 Å². The van der Waals surface area contributed by atoms with E-state index in [-0.39, 0.29) is 0 Å². The van der Waals surface area contributed by atoms with Crippen molar-refractivity contribution in [2.75, 3.05) is 13.7 Å². The molecule has 2 aromatic heterocycles. The van der Waals surface area contributed by atoms with E-state index >= 15 is 0 Å². The normalized spacial score (nSPS) is 12.6. The van der Waals surface area contributed by atoms with E-state index in [9.17, 15) is 4.21 Å². The second kappa shape index (κ2) is 6.97. The van der Waals surface area contributed by atoms with E-state index in [0.29, 0.717) is 24.1 Å². The lowest BCUT2D eigenvalue weighted by Crippen LogP contribution is -2.10. The first-order valence-electron chi connectivity index (χ1n) is 7.29. The van der Waals surface area contributed by atoms with Gasteiger partial charge in [-0.05, 0) is 24.6 Å². The summed E-state index contributed by atoms with van der Waals surface area (Å²) in [6, 6.07) is 9.87. The monoisotopic (exact) mass is 330 g/mol. The van der Waals surface area contributed by atoms with Crippen molar-refractivity contribution >= 4 is 21.7 Å². The molecule has 7 heteroatoms. The Morgan fingerprint density at radius 2 is 2.13 bits per heavy atom. The summed E-state index contributed by atoms with van der Waals surface area (Å²) in [5.74, 6) is 0.384. The summed E-state index contributed by atoms with van der Waals surface area (Å²) >= 11 is 0. The van der Waals surface area contributed by atoms with Gasteiger partial charge in [0.25, 0.3) is 0 Å². The van der Waals surface area contributed by atoms with Crippen LogP contribution in [0.2, 0.25) is 0 Å². The van der Waals surface area contributed by atoms with E-state index in [4.69, 9.17) is 4.74 Å². The summed E-state index contributed by atoms with van der Waals surface area (Å²) in [7, 11) is 0.355. The third-order valence-electron chi connectivity index (χ3n) is 3.54. The molecule has 0 spiro atoms. The number of ether oxygens (including phenoxy) is 1. The second-order valence-corrected chi connectivity index (χ2v) is 6.57. The van der Waals surface area contributed by atoms with Gasteiger partial charge in [-0.15, -0.1) is 10.2 Å². The van der Waals surface area contributed by atoms with Gasteiger partial charge in [-0.25, -0.2) is 0 Å². The Hall–Kier alpha value is -2.12. The molecule has 2 heterocycles. The highest BCUT2D eigenvalue weighted by Gasteiger charge is 2.15. The molecule has 0 N–H and O–H groups in total. The highest BCUT2D eigenvalue weighted by atomic mass is 32.2. The molecule has 0 amide bonds. The van der Waals surface area contributed by atoms with Crippen LogP contribution < -0.4 is 0 Å². The molecule has 1 aromatic carbocycles. The molecule has 3 rings (SSSR count). The van der Waals surface area contributed by atoms with Gasteiger partial charge in [0.15, 0.2) is 0 Å². The van der Waals surface area contributed by atoms with Crippen molar-refractivity contribution in [2.24, 2.45) is 0 Å². The van der Waals surface area contributed by atoms with Gasteiger partial charge in [0.1, 0.15) is 6.33 Å². The Labute approximate surface area is 137 Å². The minimum Gasteiger partial charge on any atom is -0.383 e. The van der Waals surface area contributed by atoms with Gasteiger partial charge < -0.3 is 9.30 Å². The van der Waals surface area contributed by atoms with Crippen LogP contribution in [-0.4, -0.2) is 37.7 Å². The third kappa shape index (κ3) is 3.46. The SMILES string of the molecule is COCCn1cnnc1[S@@](=O)Cc1cc(C)nc2ccccc12. The fraction of sp³-hybridized carbons (Fsp3) is 0.312. The number of aryl methyl sites for hydroxylation is 1. The van der Waals surface area contributed by atoms with Crippen LogP contribution in [0.3, 0.4) is 0 Å². The first-order chi connectivity index (χ1) is 11.2. The zero-order valence-corrected chi connectivity index (χ0v) is 13.9. The Balaban J connectivity index is 1.90. The first-order valence-corrected chi connectivity index (χ1v) is 8.61. The second-order valence-electron chi connectivity index (χ2n) is 5.23. The van der Waals surface area contributed by atoms with E-state index in [2.05, 4.69) is 15.2 Å². The standard InChI is InChI=1S/C16H18N4O2S/c1-12-9-13(14-5-3-4-6-15(14)18-12)10-23(21)16-19-17-11-20(16)7-8-22-2/h3-6,9,11H,7-8,10H2,1-2H3/t23-/m0/s1. The zero-order valence-electron chi connectivity index (χ0n) is 13.1. The molecule has 23 heavy (non-hydrogen) atoms. The number of hydrogen-bond acceptors (Lipinski definition) is 5. The zero-order chi connectivity index (χ0) is 16.2. The molecule has 0 aliphatic heterocycles. The Morgan fingerprint density at radius 3 is 2.96 bits per heavy atom. The molecule has 0 aliphatic carbocycles. The predicted octanol–water partition coefficient (Wildman–Crippen LogP) is 2.09. The van der Waals surface area contributed by atoms with Crippen LogP contribution >= 0.6 is 0 Å². The number of hydrogen-bond donors (Lipinski definition) is 0. The lowest BCUT2D eigenvalue weighted by atomic mass is 10.1. The molecule has 3 aromatic rings. The topological polar surface area (TPSA) is 69.9 Å². The minimum atomic E-state index is -1.28. The summed E-state index contributed by atoms with van der Waals surface area (Å²) < 4.78 is 19.6. The fourth-order valence-corrected chi connectivity index (χ4v) is 3.67. The molecule has 6 nitrogen and oxygen atoms in total. The van der Waals surface area contributed by atoms with Crippen molar-refractivity contribution < 1.29 is 8.95 Å². The largest absolute Gasteiger partial charge is 0.383 e. The Bertz CT molecular complexity index is 847. The third-order valence-corrected chi connectivity index (χ3v) is 4.83.